The van der Waals surface area contributed by atoms with Crippen LogP contribution in [0.4, 0.5) is 11.4 Å². The van der Waals surface area contributed by atoms with Crippen LogP contribution in [-0.4, -0.2) is 52.0 Å². The van der Waals surface area contributed by atoms with Crippen molar-refractivity contribution in [1.82, 2.24) is 15.3 Å². The number of fused-ring (bicyclic) bond motifs is 2. The molecule has 1 aliphatic heterocycles. The van der Waals surface area contributed by atoms with Gasteiger partial charge in [0.1, 0.15) is 0 Å². The van der Waals surface area contributed by atoms with Crippen molar-refractivity contribution < 1.29 is 14.5 Å². The van der Waals surface area contributed by atoms with Gasteiger partial charge in [0.25, 0.3) is 5.69 Å². The zero-order valence-electron chi connectivity index (χ0n) is 21.5. The molecule has 41 heavy (non-hydrogen) atoms. The maximum absolute atomic E-state index is 12.2. The second kappa shape index (κ2) is 12.7. The Kier molecular flexibility index (Phi) is 8.58. The van der Waals surface area contributed by atoms with Crippen molar-refractivity contribution in [2.24, 2.45) is 4.99 Å². The monoisotopic (exact) mass is 621 g/mol. The van der Waals surface area contributed by atoms with E-state index in [1.165, 1.54) is 52.3 Å². The zero-order chi connectivity index (χ0) is 28.2. The highest BCUT2D eigenvalue weighted by atomic mass is 32.2. The predicted octanol–water partition coefficient (Wildman–Crippen LogP) is 7.10. The summed E-state index contributed by atoms with van der Waals surface area (Å²) in [5, 5.41) is 14.8. The molecule has 0 bridgehead atoms. The fourth-order valence-electron chi connectivity index (χ4n) is 4.23. The highest BCUT2D eigenvalue weighted by molar-refractivity contribution is 8.01. The number of aliphatic imine (C=N–C) groups is 1. The largest absolute Gasteiger partial charge is 0.376 e. The molecule has 1 aliphatic rings. The van der Waals surface area contributed by atoms with E-state index < -0.39 is 0 Å². The number of nitro groups is 1. The van der Waals surface area contributed by atoms with Gasteiger partial charge in [0.2, 0.25) is 5.91 Å². The Morgan fingerprint density at radius 3 is 2.76 bits per heavy atom. The molecule has 1 N–H and O–H groups in total. The number of hydrogen-bond acceptors (Lipinski definition) is 11. The third-order valence-corrected chi connectivity index (χ3v) is 10.6. The molecule has 6 rings (SSSR count). The van der Waals surface area contributed by atoms with Gasteiger partial charge in [0.05, 0.1) is 47.8 Å². The van der Waals surface area contributed by atoms with Crippen molar-refractivity contribution in [3.8, 4) is 0 Å². The first-order chi connectivity index (χ1) is 20.0. The van der Waals surface area contributed by atoms with Crippen molar-refractivity contribution >= 4 is 90.1 Å². The number of benzene rings is 3. The van der Waals surface area contributed by atoms with Crippen molar-refractivity contribution in [1.29, 1.82) is 0 Å². The summed E-state index contributed by atoms with van der Waals surface area (Å²) in [4.78, 5) is 37.9. The summed E-state index contributed by atoms with van der Waals surface area (Å²) in [5.41, 5.74) is 3.06. The lowest BCUT2D eigenvalue weighted by molar-refractivity contribution is -0.387. The third-order valence-electron chi connectivity index (χ3n) is 6.24. The minimum Gasteiger partial charge on any atom is -0.376 e. The van der Waals surface area contributed by atoms with Crippen LogP contribution in [0.2, 0.25) is 0 Å². The van der Waals surface area contributed by atoms with E-state index in [0.717, 1.165) is 48.6 Å². The molecule has 0 aliphatic carbocycles. The maximum atomic E-state index is 12.2. The van der Waals surface area contributed by atoms with Crippen molar-refractivity contribution in [3.63, 3.8) is 0 Å². The van der Waals surface area contributed by atoms with E-state index >= 15 is 0 Å². The molecular formula is C28H23N5O4S4. The number of thiazole rings is 2. The van der Waals surface area contributed by atoms with Crippen molar-refractivity contribution in [2.75, 3.05) is 18.9 Å². The first-order valence-corrected chi connectivity index (χ1v) is 16.2. The highest BCUT2D eigenvalue weighted by Gasteiger charge is 2.18. The van der Waals surface area contributed by atoms with Crippen LogP contribution in [0.3, 0.4) is 0 Å². The summed E-state index contributed by atoms with van der Waals surface area (Å²) in [6, 6.07) is 18.5. The van der Waals surface area contributed by atoms with Crippen LogP contribution in [-0.2, 0) is 9.53 Å². The number of nitrogens with zero attached hydrogens (tertiary/aromatic N) is 4. The quantitative estimate of drug-likeness (QED) is 0.0759. The Bertz CT molecular complexity index is 1730. The molecule has 5 aromatic rings. The van der Waals surface area contributed by atoms with Gasteiger partial charge < -0.3 is 10.1 Å². The lowest BCUT2D eigenvalue weighted by atomic mass is 10.2. The molecule has 9 nitrogen and oxygen atoms in total. The van der Waals surface area contributed by atoms with Crippen LogP contribution in [0.25, 0.3) is 20.4 Å². The summed E-state index contributed by atoms with van der Waals surface area (Å²) in [7, 11) is 0. The average Bonchev–Trinajstić information content (AvgIpc) is 3.73. The lowest BCUT2D eigenvalue weighted by Gasteiger charge is -2.09. The number of aromatic nitrogens is 2. The molecule has 0 spiro atoms. The standard InChI is InChI=1S/C28H23N5O4S4/c34-26(30-15-19-4-3-11-37-19)16-38-27-31-21-9-8-18(13-25(21)41-27)29-14-17-7-10-24(22(12-17)33(35)36)40-28-32-20-5-1-2-6-23(20)39-28/h1-2,5-10,12-14,19H,3-4,11,15-16H2,(H,30,34)/t19-/m1/s1. The number of thioether (sulfide) groups is 1. The summed E-state index contributed by atoms with van der Waals surface area (Å²) < 4.78 is 9.10. The van der Waals surface area contributed by atoms with Gasteiger partial charge >= 0.3 is 0 Å². The first-order valence-electron chi connectivity index (χ1n) is 12.8. The van der Waals surface area contributed by atoms with Crippen molar-refractivity contribution in [3.05, 3.63) is 76.3 Å². The molecule has 0 unspecified atom stereocenters. The molecule has 1 atom stereocenters. The number of ether oxygens (including phenoxy) is 1. The molecule has 2 aromatic heterocycles. The Morgan fingerprint density at radius 1 is 1.10 bits per heavy atom. The van der Waals surface area contributed by atoms with E-state index in [2.05, 4.69) is 20.3 Å². The van der Waals surface area contributed by atoms with E-state index in [1.807, 2.05) is 48.5 Å². The van der Waals surface area contributed by atoms with Gasteiger partial charge in [-0.3, -0.25) is 19.9 Å². The Balaban J connectivity index is 1.11. The molecule has 208 valence electrons. The molecule has 3 heterocycles. The van der Waals surface area contributed by atoms with Gasteiger partial charge in [-0.1, -0.05) is 41.7 Å². The summed E-state index contributed by atoms with van der Waals surface area (Å²) in [6.07, 6.45) is 3.78. The number of rotatable bonds is 10. The zero-order valence-corrected chi connectivity index (χ0v) is 24.8. The van der Waals surface area contributed by atoms with Gasteiger partial charge in [-0.05, 0) is 54.8 Å². The van der Waals surface area contributed by atoms with Gasteiger partial charge in [-0.2, -0.15) is 0 Å². The summed E-state index contributed by atoms with van der Waals surface area (Å²) >= 11 is 5.71. The number of hydrogen-bond donors (Lipinski definition) is 1. The molecule has 1 saturated heterocycles. The first kappa shape index (κ1) is 27.8. The minimum absolute atomic E-state index is 0.0117. The van der Waals surface area contributed by atoms with E-state index in [-0.39, 0.29) is 22.6 Å². The van der Waals surface area contributed by atoms with Crippen molar-refractivity contribution in [2.45, 2.75) is 32.5 Å². The SMILES string of the molecule is O=C(CSc1nc2ccc(N=Cc3ccc(Sc4nc5ccccc5s4)c([N+](=O)[O-])c3)cc2s1)NC[C@H]1CCCO1. The second-order valence-electron chi connectivity index (χ2n) is 9.15. The Hall–Kier alpha value is -3.36. The highest BCUT2D eigenvalue weighted by Crippen LogP contribution is 2.39. The van der Waals surface area contributed by atoms with E-state index in [1.54, 1.807) is 12.3 Å². The molecule has 13 heteroatoms. The van der Waals surface area contributed by atoms with E-state index in [9.17, 15) is 14.9 Å². The third kappa shape index (κ3) is 6.93. The number of amides is 1. The summed E-state index contributed by atoms with van der Waals surface area (Å²) in [6.45, 7) is 1.32. The molecule has 3 aromatic carbocycles. The predicted molar refractivity (Wildman–Crippen MR) is 166 cm³/mol. The fraction of sp³-hybridized carbons (Fsp3) is 0.214. The number of carbonyl (C=O) groups excluding carboxylic acids is 1. The summed E-state index contributed by atoms with van der Waals surface area (Å²) in [5.74, 6) is 0.262. The lowest BCUT2D eigenvalue weighted by Crippen LogP contribution is -2.32. The topological polar surface area (TPSA) is 120 Å². The van der Waals surface area contributed by atoms with Gasteiger partial charge in [-0.15, -0.1) is 22.7 Å². The molecule has 1 fully saturated rings. The molecule has 0 radical (unpaired) electrons. The van der Waals surface area contributed by atoms with E-state index in [4.69, 9.17) is 4.74 Å². The van der Waals surface area contributed by atoms with Crippen LogP contribution in [0.15, 0.2) is 79.2 Å². The number of nitrogens with one attached hydrogen (secondary N) is 1. The van der Waals surface area contributed by atoms with Crippen LogP contribution >= 0.6 is 46.2 Å². The van der Waals surface area contributed by atoms with Crippen LogP contribution in [0.1, 0.15) is 18.4 Å². The minimum atomic E-state index is -0.377. The number of nitro benzene ring substituents is 1. The van der Waals surface area contributed by atoms with Crippen LogP contribution in [0, 0.1) is 10.1 Å². The smallest absolute Gasteiger partial charge is 0.283 e. The maximum Gasteiger partial charge on any atom is 0.283 e. The molecular weight excluding hydrogens is 599 g/mol. The van der Waals surface area contributed by atoms with Gasteiger partial charge in [-0.25, -0.2) is 9.97 Å². The average molecular weight is 622 g/mol. The fourth-order valence-corrected chi connectivity index (χ4v) is 8.27. The molecule has 0 saturated carbocycles. The van der Waals surface area contributed by atoms with Crippen LogP contribution < -0.4 is 5.32 Å². The van der Waals surface area contributed by atoms with E-state index in [0.29, 0.717) is 28.4 Å². The molecule has 1 amide bonds. The number of para-hydroxylation sites is 1. The van der Waals surface area contributed by atoms with Gasteiger partial charge in [0.15, 0.2) is 8.68 Å². The normalized spacial score (nSPS) is 15.3. The van der Waals surface area contributed by atoms with Crippen LogP contribution in [0.5, 0.6) is 0 Å². The second-order valence-corrected chi connectivity index (χ2v) is 13.7. The Morgan fingerprint density at radius 2 is 1.93 bits per heavy atom. The number of carbonyl (C=O) groups is 1. The van der Waals surface area contributed by atoms with Gasteiger partial charge in [0, 0.05) is 25.4 Å². The Labute approximate surface area is 251 Å².